The summed E-state index contributed by atoms with van der Waals surface area (Å²) in [6.07, 6.45) is 7.28. The molecule has 1 saturated carbocycles. The zero-order valence-corrected chi connectivity index (χ0v) is 13.2. The van der Waals surface area contributed by atoms with Crippen LogP contribution in [0.3, 0.4) is 0 Å². The highest BCUT2D eigenvalue weighted by atomic mass is 16.1. The largest absolute Gasteiger partial charge is 0.324 e. The van der Waals surface area contributed by atoms with E-state index in [2.05, 4.69) is 15.4 Å². The SMILES string of the molecule is Cc1cc(C)n(-c2ccc(NC(=O)C3CCCCC3)cn2)n1. The molecule has 2 aromatic rings. The molecular weight excluding hydrogens is 276 g/mol. The second kappa shape index (κ2) is 6.30. The van der Waals surface area contributed by atoms with Gasteiger partial charge in [0.05, 0.1) is 17.6 Å². The Morgan fingerprint density at radius 1 is 1.23 bits per heavy atom. The molecule has 1 aliphatic carbocycles. The number of aromatic nitrogens is 3. The number of aryl methyl sites for hydroxylation is 2. The van der Waals surface area contributed by atoms with Gasteiger partial charge in [0.2, 0.25) is 5.91 Å². The molecule has 1 amide bonds. The molecule has 1 fully saturated rings. The smallest absolute Gasteiger partial charge is 0.227 e. The maximum atomic E-state index is 12.2. The number of anilines is 1. The average molecular weight is 298 g/mol. The lowest BCUT2D eigenvalue weighted by Gasteiger charge is -2.20. The number of amides is 1. The summed E-state index contributed by atoms with van der Waals surface area (Å²) < 4.78 is 1.81. The van der Waals surface area contributed by atoms with E-state index >= 15 is 0 Å². The van der Waals surface area contributed by atoms with Gasteiger partial charge in [-0.15, -0.1) is 0 Å². The van der Waals surface area contributed by atoms with Crippen LogP contribution in [-0.4, -0.2) is 20.7 Å². The highest BCUT2D eigenvalue weighted by Crippen LogP contribution is 2.25. The van der Waals surface area contributed by atoms with Gasteiger partial charge in [0.1, 0.15) is 0 Å². The molecule has 0 radical (unpaired) electrons. The average Bonchev–Trinajstić information content (AvgIpc) is 2.87. The van der Waals surface area contributed by atoms with Crippen molar-refractivity contribution >= 4 is 11.6 Å². The minimum Gasteiger partial charge on any atom is -0.324 e. The first kappa shape index (κ1) is 14.8. The highest BCUT2D eigenvalue weighted by molar-refractivity contribution is 5.92. The summed E-state index contributed by atoms with van der Waals surface area (Å²) in [5, 5.41) is 7.39. The molecule has 0 aromatic carbocycles. The fourth-order valence-electron chi connectivity index (χ4n) is 3.06. The van der Waals surface area contributed by atoms with E-state index in [0.717, 1.165) is 48.6 Å². The number of hydrogen-bond donors (Lipinski definition) is 1. The lowest BCUT2D eigenvalue weighted by Crippen LogP contribution is -2.24. The molecule has 0 unspecified atom stereocenters. The number of rotatable bonds is 3. The number of nitrogens with zero attached hydrogens (tertiary/aromatic N) is 3. The van der Waals surface area contributed by atoms with Crippen molar-refractivity contribution in [1.29, 1.82) is 0 Å². The van der Waals surface area contributed by atoms with Crippen molar-refractivity contribution in [3.63, 3.8) is 0 Å². The summed E-state index contributed by atoms with van der Waals surface area (Å²) in [6.45, 7) is 3.96. The quantitative estimate of drug-likeness (QED) is 0.944. The van der Waals surface area contributed by atoms with Gasteiger partial charge < -0.3 is 5.32 Å². The van der Waals surface area contributed by atoms with Crippen LogP contribution in [0.1, 0.15) is 43.5 Å². The lowest BCUT2D eigenvalue weighted by atomic mass is 9.88. The second-order valence-electron chi connectivity index (χ2n) is 6.07. The van der Waals surface area contributed by atoms with Crippen molar-refractivity contribution in [2.24, 2.45) is 5.92 Å². The molecule has 5 nitrogen and oxygen atoms in total. The molecule has 0 bridgehead atoms. The summed E-state index contributed by atoms with van der Waals surface area (Å²) in [5.41, 5.74) is 2.76. The molecule has 1 N–H and O–H groups in total. The van der Waals surface area contributed by atoms with Crippen LogP contribution in [0.15, 0.2) is 24.4 Å². The lowest BCUT2D eigenvalue weighted by molar-refractivity contribution is -0.120. The molecule has 5 heteroatoms. The Hall–Kier alpha value is -2.17. The van der Waals surface area contributed by atoms with Gasteiger partial charge in [-0.1, -0.05) is 19.3 Å². The van der Waals surface area contributed by atoms with Crippen LogP contribution >= 0.6 is 0 Å². The Kier molecular flexibility index (Phi) is 4.22. The molecule has 2 aromatic heterocycles. The van der Waals surface area contributed by atoms with Gasteiger partial charge >= 0.3 is 0 Å². The van der Waals surface area contributed by atoms with Crippen LogP contribution in [0.4, 0.5) is 5.69 Å². The first-order valence-electron chi connectivity index (χ1n) is 7.94. The van der Waals surface area contributed by atoms with Crippen molar-refractivity contribution in [1.82, 2.24) is 14.8 Å². The van der Waals surface area contributed by atoms with Crippen LogP contribution < -0.4 is 5.32 Å². The maximum Gasteiger partial charge on any atom is 0.227 e. The van der Waals surface area contributed by atoms with E-state index in [0.29, 0.717) is 0 Å². The van der Waals surface area contributed by atoms with Gasteiger partial charge in [-0.2, -0.15) is 5.10 Å². The Morgan fingerprint density at radius 2 is 2.00 bits per heavy atom. The predicted octanol–water partition coefficient (Wildman–Crippen LogP) is 3.40. The van der Waals surface area contributed by atoms with Crippen LogP contribution in [0, 0.1) is 19.8 Å². The number of carbonyl (C=O) groups is 1. The van der Waals surface area contributed by atoms with E-state index in [1.807, 2.05) is 36.7 Å². The van der Waals surface area contributed by atoms with Crippen molar-refractivity contribution in [3.05, 3.63) is 35.8 Å². The van der Waals surface area contributed by atoms with Crippen molar-refractivity contribution < 1.29 is 4.79 Å². The van der Waals surface area contributed by atoms with Crippen LogP contribution in [0.5, 0.6) is 0 Å². The van der Waals surface area contributed by atoms with E-state index in [1.54, 1.807) is 6.20 Å². The Labute approximate surface area is 130 Å². The van der Waals surface area contributed by atoms with Crippen LogP contribution in [0.25, 0.3) is 5.82 Å². The number of carbonyl (C=O) groups excluding carboxylic acids is 1. The topological polar surface area (TPSA) is 59.8 Å². The summed E-state index contributed by atoms with van der Waals surface area (Å²) in [4.78, 5) is 16.6. The van der Waals surface area contributed by atoms with E-state index in [-0.39, 0.29) is 11.8 Å². The standard InChI is InChI=1S/C17H22N4O/c1-12-10-13(2)21(20-12)16-9-8-15(11-18-16)19-17(22)14-6-4-3-5-7-14/h8-11,14H,3-7H2,1-2H3,(H,19,22). The zero-order valence-electron chi connectivity index (χ0n) is 13.2. The number of nitrogens with one attached hydrogen (secondary N) is 1. The summed E-state index contributed by atoms with van der Waals surface area (Å²) in [6, 6.07) is 5.79. The summed E-state index contributed by atoms with van der Waals surface area (Å²) in [7, 11) is 0. The van der Waals surface area contributed by atoms with E-state index in [1.165, 1.54) is 6.42 Å². The first-order valence-corrected chi connectivity index (χ1v) is 7.94. The normalized spacial score (nSPS) is 15.7. The molecule has 0 atom stereocenters. The van der Waals surface area contributed by atoms with Gasteiger partial charge in [0.25, 0.3) is 0 Å². The van der Waals surface area contributed by atoms with Crippen molar-refractivity contribution in [3.8, 4) is 5.82 Å². The van der Waals surface area contributed by atoms with E-state index in [4.69, 9.17) is 0 Å². The fourth-order valence-corrected chi connectivity index (χ4v) is 3.06. The van der Waals surface area contributed by atoms with Crippen LogP contribution in [0.2, 0.25) is 0 Å². The minimum atomic E-state index is 0.125. The molecule has 0 spiro atoms. The van der Waals surface area contributed by atoms with Gasteiger partial charge in [-0.25, -0.2) is 9.67 Å². The van der Waals surface area contributed by atoms with Gasteiger partial charge in [0.15, 0.2) is 5.82 Å². The van der Waals surface area contributed by atoms with Crippen molar-refractivity contribution in [2.75, 3.05) is 5.32 Å². The predicted molar refractivity (Wildman–Crippen MR) is 86.0 cm³/mol. The maximum absolute atomic E-state index is 12.2. The number of hydrogen-bond acceptors (Lipinski definition) is 3. The Balaban J connectivity index is 1.69. The molecule has 2 heterocycles. The Bertz CT molecular complexity index is 654. The molecular formula is C17H22N4O. The third-order valence-corrected chi connectivity index (χ3v) is 4.22. The summed E-state index contributed by atoms with van der Waals surface area (Å²) >= 11 is 0. The van der Waals surface area contributed by atoms with E-state index in [9.17, 15) is 4.79 Å². The van der Waals surface area contributed by atoms with Gasteiger partial charge in [-0.05, 0) is 44.9 Å². The van der Waals surface area contributed by atoms with Crippen molar-refractivity contribution in [2.45, 2.75) is 46.0 Å². The van der Waals surface area contributed by atoms with E-state index < -0.39 is 0 Å². The number of pyridine rings is 1. The zero-order chi connectivity index (χ0) is 15.5. The van der Waals surface area contributed by atoms with Gasteiger partial charge in [-0.3, -0.25) is 4.79 Å². The first-order chi connectivity index (χ1) is 10.6. The minimum absolute atomic E-state index is 0.125. The molecule has 1 aliphatic rings. The fraction of sp³-hybridized carbons (Fsp3) is 0.471. The monoisotopic (exact) mass is 298 g/mol. The molecule has 22 heavy (non-hydrogen) atoms. The molecule has 3 rings (SSSR count). The van der Waals surface area contributed by atoms with Gasteiger partial charge in [0, 0.05) is 11.6 Å². The molecule has 0 aliphatic heterocycles. The summed E-state index contributed by atoms with van der Waals surface area (Å²) in [5.74, 6) is 1.05. The third-order valence-electron chi connectivity index (χ3n) is 4.22. The Morgan fingerprint density at radius 3 is 2.59 bits per heavy atom. The highest BCUT2D eigenvalue weighted by Gasteiger charge is 2.21. The second-order valence-corrected chi connectivity index (χ2v) is 6.07. The molecule has 116 valence electrons. The third kappa shape index (κ3) is 3.18. The van der Waals surface area contributed by atoms with Crippen LogP contribution in [-0.2, 0) is 4.79 Å². The molecule has 0 saturated heterocycles.